The van der Waals surface area contributed by atoms with E-state index in [1.54, 1.807) is 0 Å². The van der Waals surface area contributed by atoms with E-state index in [0.717, 1.165) is 101 Å². The molecule has 149 heavy (non-hydrogen) atoms. The minimum atomic E-state index is -0.227. The Morgan fingerprint density at radius 1 is 0.174 bits per heavy atom. The molecule has 31 rings (SSSR count). The van der Waals surface area contributed by atoms with Crippen LogP contribution in [0.15, 0.2) is 465 Å². The maximum atomic E-state index is 6.35. The molecule has 0 aliphatic heterocycles. The van der Waals surface area contributed by atoms with Crippen LogP contribution in [0.4, 0.5) is 0 Å². The average molecular weight is 1910 g/mol. The summed E-state index contributed by atoms with van der Waals surface area (Å²) in [5, 5.41) is 12.1. The summed E-state index contributed by atoms with van der Waals surface area (Å²) in [4.78, 5) is 21.5. The maximum Gasteiger partial charge on any atom is 0.160 e. The predicted molar refractivity (Wildman–Crippen MR) is 618 cm³/mol. The zero-order chi connectivity index (χ0) is 99.6. The number of benzene rings is 20. The van der Waals surface area contributed by atoms with Crippen molar-refractivity contribution in [2.24, 2.45) is 0 Å². The Balaban J connectivity index is 0.000000105. The summed E-state index contributed by atoms with van der Waals surface area (Å²) in [5.41, 5.74) is 46.6. The standard InChI is InChI=1S/C49H34N4.C46H35N3.C45H31NO/c1-49(2)40-25-12-9-24-37(40)47-45(49)46(31-16-5-3-6-17-31)50-48(51-47)32-18-15-21-34(28-32)53-42-27-14-11-23-36(42)39-29-43-38(30-44(39)53)35-22-10-13-26-41(35)52(43)33-19-7-4-8-20-33;1-45(2)36-22-11-8-19-31(36)34-27-40-35(26-38(34)45)32-20-10-13-24-39(32)49(40)30-18-14-17-29(25-30)44-47-42(28-15-6-5-7-16-28)41-43(48-44)33-21-9-12-23-37(33)46(41,3)4;1-45(2)38-20-10-6-17-31(38)37-25-29(24-34(44(37)45)28-14-4-3-5-15-28)30-16-7-11-21-39(30)46-40-22-12-8-18-32(40)35-27-43-36(26-41(35)46)33-19-9-13-23-42(33)47-43/h3-30H,1-2H3;5-27H,1-4H3;3-27H,1-2H3. The lowest BCUT2D eigenvalue weighted by atomic mass is 9.78. The molecule has 4 aliphatic carbocycles. The van der Waals surface area contributed by atoms with E-state index >= 15 is 0 Å². The predicted octanol–water partition coefficient (Wildman–Crippen LogP) is 36.2. The van der Waals surface area contributed by atoms with E-state index in [9.17, 15) is 0 Å². The molecule has 0 atom stereocenters. The Kier molecular flexibility index (Phi) is 19.3. The molecule has 0 unspecified atom stereocenters. The molecule has 0 spiro atoms. The van der Waals surface area contributed by atoms with Crippen LogP contribution in [0, 0.1) is 0 Å². The third-order valence-electron chi connectivity index (χ3n) is 32.8. The van der Waals surface area contributed by atoms with Crippen LogP contribution in [0.25, 0.3) is 244 Å². The number of nitrogens with zero attached hydrogens (tertiary/aromatic N) is 8. The molecule has 20 aromatic carbocycles. The Morgan fingerprint density at radius 3 is 1.03 bits per heavy atom. The van der Waals surface area contributed by atoms with E-state index in [1.165, 1.54) is 187 Å². The fraction of sp³-hybridized carbons (Fsp3) is 0.0857. The molecule has 9 nitrogen and oxygen atoms in total. The largest absolute Gasteiger partial charge is 0.456 e. The van der Waals surface area contributed by atoms with Crippen molar-refractivity contribution in [3.05, 3.63) is 506 Å². The molecular weight excluding hydrogens is 1810 g/mol. The zero-order valence-corrected chi connectivity index (χ0v) is 83.9. The molecule has 0 N–H and O–H groups in total. The van der Waals surface area contributed by atoms with Gasteiger partial charge in [0.05, 0.1) is 72.6 Å². The van der Waals surface area contributed by atoms with E-state index < -0.39 is 0 Å². The van der Waals surface area contributed by atoms with Gasteiger partial charge < -0.3 is 22.7 Å². The summed E-state index contributed by atoms with van der Waals surface area (Å²) in [6.07, 6.45) is 0. The third kappa shape index (κ3) is 13.2. The van der Waals surface area contributed by atoms with Gasteiger partial charge in [0, 0.05) is 143 Å². The van der Waals surface area contributed by atoms with Gasteiger partial charge in [-0.05, 0) is 194 Å². The van der Waals surface area contributed by atoms with Crippen LogP contribution in [-0.2, 0) is 21.7 Å². The SMILES string of the molecule is CC1(C)c2ccccc2-c2cc(-c3ccccc3-n3c4ccccc4c4cc5oc6ccccc6c5cc43)cc(-c3ccccc3)c21.CC1(C)c2ccccc2-c2cc3c(cc21)c1ccccc1n3-c1cccc(-c2nc(-c3ccccc3)c3c(n2)-c2ccccc2C3(C)C)c1.CC1(C)c2ccccc2-c2nc(-c3cccc(-n4c5ccccc5c5cc6c(cc54)c4ccccc4n6-c4ccccc4)c3)nc(-c3ccccc3)c21. The Bertz CT molecular complexity index is 10300. The molecule has 0 saturated heterocycles. The van der Waals surface area contributed by atoms with Crippen LogP contribution in [-0.4, -0.2) is 38.2 Å². The van der Waals surface area contributed by atoms with Gasteiger partial charge in [0.25, 0.3) is 0 Å². The summed E-state index contributed by atoms with van der Waals surface area (Å²) in [5.74, 6) is 1.47. The first kappa shape index (κ1) is 87.2. The van der Waals surface area contributed by atoms with Gasteiger partial charge in [-0.1, -0.05) is 395 Å². The first-order chi connectivity index (χ1) is 73.0. The lowest BCUT2D eigenvalue weighted by Gasteiger charge is -2.25. The summed E-state index contributed by atoms with van der Waals surface area (Å²) in [6, 6.07) is 167. The number of para-hydroxylation sites is 7. The van der Waals surface area contributed by atoms with Crippen LogP contribution in [0.3, 0.4) is 0 Å². The van der Waals surface area contributed by atoms with Crippen molar-refractivity contribution in [3.63, 3.8) is 0 Å². The van der Waals surface area contributed by atoms with Crippen molar-refractivity contribution in [1.82, 2.24) is 38.2 Å². The van der Waals surface area contributed by atoms with E-state index in [4.69, 9.17) is 24.4 Å². The average Bonchev–Trinajstić information content (AvgIpc) is 1.56. The molecule has 7 heterocycles. The van der Waals surface area contributed by atoms with Crippen LogP contribution in [0.2, 0.25) is 0 Å². The highest BCUT2D eigenvalue weighted by Crippen LogP contribution is 2.59. The van der Waals surface area contributed by atoms with E-state index in [1.807, 2.05) is 6.07 Å². The highest BCUT2D eigenvalue weighted by molar-refractivity contribution is 6.21. The van der Waals surface area contributed by atoms with Crippen LogP contribution >= 0.6 is 0 Å². The summed E-state index contributed by atoms with van der Waals surface area (Å²) < 4.78 is 16.0. The fourth-order valence-electron chi connectivity index (χ4n) is 26.0. The van der Waals surface area contributed by atoms with Crippen molar-refractivity contribution in [3.8, 4) is 135 Å². The molecule has 706 valence electrons. The summed E-state index contributed by atoms with van der Waals surface area (Å²) >= 11 is 0. The lowest BCUT2D eigenvalue weighted by molar-refractivity contribution is 0.657. The normalized spacial score (nSPS) is 13.9. The van der Waals surface area contributed by atoms with Gasteiger partial charge in [0.1, 0.15) is 11.2 Å². The second kappa shape index (κ2) is 33.0. The monoisotopic (exact) mass is 1910 g/mol. The van der Waals surface area contributed by atoms with Gasteiger partial charge in [-0.3, -0.25) is 0 Å². The highest BCUT2D eigenvalue weighted by Gasteiger charge is 2.44. The molecule has 0 saturated carbocycles. The van der Waals surface area contributed by atoms with Gasteiger partial charge in [-0.2, -0.15) is 0 Å². The summed E-state index contributed by atoms with van der Waals surface area (Å²) in [7, 11) is 0. The van der Waals surface area contributed by atoms with Crippen molar-refractivity contribution in [1.29, 1.82) is 0 Å². The van der Waals surface area contributed by atoms with Crippen molar-refractivity contribution in [2.45, 2.75) is 77.0 Å². The zero-order valence-electron chi connectivity index (χ0n) is 83.9. The van der Waals surface area contributed by atoms with Crippen molar-refractivity contribution in [2.75, 3.05) is 0 Å². The van der Waals surface area contributed by atoms with Crippen molar-refractivity contribution < 1.29 is 4.42 Å². The van der Waals surface area contributed by atoms with E-state index in [2.05, 4.69) is 529 Å². The fourth-order valence-corrected chi connectivity index (χ4v) is 26.0. The molecule has 0 radical (unpaired) electrons. The second-order valence-electron chi connectivity index (χ2n) is 42.6. The maximum absolute atomic E-state index is 6.35. The van der Waals surface area contributed by atoms with E-state index in [-0.39, 0.29) is 21.7 Å². The quantitative estimate of drug-likeness (QED) is 0.136. The minimum Gasteiger partial charge on any atom is -0.456 e. The summed E-state index contributed by atoms with van der Waals surface area (Å²) in [6.45, 7) is 18.6. The smallest absolute Gasteiger partial charge is 0.160 e. The molecule has 7 aromatic heterocycles. The van der Waals surface area contributed by atoms with Gasteiger partial charge in [-0.25, -0.2) is 19.9 Å². The first-order valence-electron chi connectivity index (χ1n) is 51.8. The number of furan rings is 1. The van der Waals surface area contributed by atoms with Gasteiger partial charge in [-0.15, -0.1) is 0 Å². The molecule has 0 fully saturated rings. The number of fused-ring (bicyclic) bond motifs is 27. The van der Waals surface area contributed by atoms with Crippen molar-refractivity contribution >= 4 is 109 Å². The topological polar surface area (TPSA) is 84.4 Å². The number of rotatable bonds is 10. The Hall–Kier alpha value is -18.4. The number of hydrogen-bond acceptors (Lipinski definition) is 5. The molecule has 0 bridgehead atoms. The molecular formula is C140H100N8O. The van der Waals surface area contributed by atoms with Crippen LogP contribution in [0.5, 0.6) is 0 Å². The lowest BCUT2D eigenvalue weighted by Crippen LogP contribution is -2.17. The van der Waals surface area contributed by atoms with Gasteiger partial charge >= 0.3 is 0 Å². The van der Waals surface area contributed by atoms with Crippen LogP contribution < -0.4 is 0 Å². The van der Waals surface area contributed by atoms with Gasteiger partial charge in [0.15, 0.2) is 11.6 Å². The molecule has 0 amide bonds. The first-order valence-corrected chi connectivity index (χ1v) is 51.8. The number of aromatic nitrogens is 8. The molecule has 9 heteroatoms. The Labute approximate surface area is 863 Å². The third-order valence-corrected chi connectivity index (χ3v) is 32.8. The molecule has 4 aliphatic rings. The van der Waals surface area contributed by atoms with Gasteiger partial charge in [0.2, 0.25) is 0 Å². The minimum absolute atomic E-state index is 0.0577. The second-order valence-corrected chi connectivity index (χ2v) is 42.6. The highest BCUT2D eigenvalue weighted by atomic mass is 16.3. The Morgan fingerprint density at radius 2 is 0.517 bits per heavy atom. The van der Waals surface area contributed by atoms with E-state index in [0.29, 0.717) is 0 Å². The van der Waals surface area contributed by atoms with Crippen LogP contribution in [0.1, 0.15) is 99.9 Å². The molecule has 27 aromatic rings. The number of hydrogen-bond donors (Lipinski definition) is 0.